The molecule has 1 atom stereocenters. The predicted molar refractivity (Wildman–Crippen MR) is 96.6 cm³/mol. The Morgan fingerprint density at radius 2 is 1.88 bits per heavy atom. The van der Waals surface area contributed by atoms with Crippen molar-refractivity contribution < 1.29 is 17.6 Å². The molecule has 140 valence electrons. The molecule has 1 aliphatic heterocycles. The number of hydrogen-bond donors (Lipinski definition) is 0. The molecular weight excluding hydrogens is 356 g/mol. The van der Waals surface area contributed by atoms with E-state index < -0.39 is 15.6 Å². The van der Waals surface area contributed by atoms with Crippen molar-refractivity contribution in [3.05, 3.63) is 34.8 Å². The number of benzene rings is 1. The van der Waals surface area contributed by atoms with E-state index >= 15 is 0 Å². The zero-order valence-electron chi connectivity index (χ0n) is 14.5. The predicted octanol–water partition coefficient (Wildman–Crippen LogP) is 1.55. The number of hydrogen-bond acceptors (Lipinski definition) is 5. The van der Waals surface area contributed by atoms with Crippen LogP contribution < -0.4 is 5.76 Å². The third-order valence-corrected chi connectivity index (χ3v) is 7.23. The zero-order valence-corrected chi connectivity index (χ0v) is 15.3. The maximum atomic E-state index is 13.1. The molecule has 1 saturated carbocycles. The van der Waals surface area contributed by atoms with E-state index in [1.807, 2.05) is 0 Å². The van der Waals surface area contributed by atoms with Gasteiger partial charge in [-0.25, -0.2) is 13.2 Å². The number of carbonyl (C=O) groups is 1. The fraction of sp³-hybridized carbons (Fsp3) is 0.556. The summed E-state index contributed by atoms with van der Waals surface area (Å²) in [6, 6.07) is 6.77. The third kappa shape index (κ3) is 3.18. The second kappa shape index (κ2) is 6.57. The Hall–Kier alpha value is -2.09. The molecule has 4 rings (SSSR count). The van der Waals surface area contributed by atoms with Crippen LogP contribution in [0.5, 0.6) is 0 Å². The van der Waals surface area contributed by atoms with Crippen molar-refractivity contribution in [1.29, 1.82) is 0 Å². The van der Waals surface area contributed by atoms with Crippen LogP contribution in [0.25, 0.3) is 11.1 Å². The summed E-state index contributed by atoms with van der Waals surface area (Å²) < 4.78 is 30.4. The zero-order chi connectivity index (χ0) is 18.3. The molecule has 0 bridgehead atoms. The highest BCUT2D eigenvalue weighted by atomic mass is 32.2. The van der Waals surface area contributed by atoms with Crippen molar-refractivity contribution >= 4 is 26.8 Å². The van der Waals surface area contributed by atoms with Crippen molar-refractivity contribution in [1.82, 2.24) is 9.47 Å². The van der Waals surface area contributed by atoms with Crippen LogP contribution >= 0.6 is 0 Å². The van der Waals surface area contributed by atoms with Gasteiger partial charge < -0.3 is 9.32 Å². The summed E-state index contributed by atoms with van der Waals surface area (Å²) in [5.41, 5.74) is 1.03. The van der Waals surface area contributed by atoms with E-state index in [-0.39, 0.29) is 36.0 Å². The first kappa shape index (κ1) is 17.3. The van der Waals surface area contributed by atoms with Crippen LogP contribution in [0.3, 0.4) is 0 Å². The topological polar surface area (TPSA) is 89.6 Å². The van der Waals surface area contributed by atoms with Crippen molar-refractivity contribution in [3.63, 3.8) is 0 Å². The molecular formula is C18H22N2O5S. The number of rotatable bonds is 4. The number of amides is 1. The lowest BCUT2D eigenvalue weighted by molar-refractivity contribution is -0.136. The first-order valence-electron chi connectivity index (χ1n) is 9.04. The van der Waals surface area contributed by atoms with Crippen LogP contribution in [0.4, 0.5) is 0 Å². The Labute approximate surface area is 151 Å². The van der Waals surface area contributed by atoms with Gasteiger partial charge >= 0.3 is 5.76 Å². The van der Waals surface area contributed by atoms with Gasteiger partial charge in [-0.15, -0.1) is 0 Å². The van der Waals surface area contributed by atoms with Crippen LogP contribution in [0.1, 0.15) is 32.1 Å². The number of para-hydroxylation sites is 2. The molecule has 1 saturated heterocycles. The van der Waals surface area contributed by atoms with Gasteiger partial charge in [-0.1, -0.05) is 25.0 Å². The third-order valence-electron chi connectivity index (χ3n) is 5.47. The highest BCUT2D eigenvalue weighted by molar-refractivity contribution is 7.91. The second-order valence-electron chi connectivity index (χ2n) is 7.22. The van der Waals surface area contributed by atoms with Gasteiger partial charge in [0.1, 0.15) is 6.54 Å². The molecule has 7 nitrogen and oxygen atoms in total. The standard InChI is InChI=1S/C18H22N2O5S/c21-17(11-19-15-7-3-4-8-16(15)25-18(19)22)20(13-5-1-2-6-13)14-9-10-26(23,24)12-14/h3-4,7-8,13-14H,1-2,5-6,9-12H2/t14-/m1/s1. The first-order chi connectivity index (χ1) is 12.4. The highest BCUT2D eigenvalue weighted by Gasteiger charge is 2.39. The molecule has 0 N–H and O–H groups in total. The maximum Gasteiger partial charge on any atom is 0.420 e. The van der Waals surface area contributed by atoms with Gasteiger partial charge in [0.05, 0.1) is 17.0 Å². The van der Waals surface area contributed by atoms with Gasteiger partial charge in [-0.3, -0.25) is 9.36 Å². The van der Waals surface area contributed by atoms with E-state index in [0.29, 0.717) is 17.5 Å². The van der Waals surface area contributed by atoms with Gasteiger partial charge in [-0.2, -0.15) is 0 Å². The van der Waals surface area contributed by atoms with Gasteiger partial charge in [0.2, 0.25) is 5.91 Å². The lowest BCUT2D eigenvalue weighted by atomic mass is 10.1. The monoisotopic (exact) mass is 378 g/mol. The van der Waals surface area contributed by atoms with E-state index in [1.54, 1.807) is 29.2 Å². The van der Waals surface area contributed by atoms with Crippen LogP contribution in [-0.4, -0.2) is 47.4 Å². The van der Waals surface area contributed by atoms with Gasteiger partial charge in [-0.05, 0) is 31.4 Å². The van der Waals surface area contributed by atoms with Gasteiger partial charge in [0, 0.05) is 12.1 Å². The summed E-state index contributed by atoms with van der Waals surface area (Å²) in [5, 5.41) is 0. The average molecular weight is 378 g/mol. The summed E-state index contributed by atoms with van der Waals surface area (Å²) in [5.74, 6) is -0.614. The molecule has 8 heteroatoms. The summed E-state index contributed by atoms with van der Waals surface area (Å²) in [6.07, 6.45) is 4.35. The largest absolute Gasteiger partial charge is 0.420 e. The van der Waals surface area contributed by atoms with Crippen LogP contribution in [0.2, 0.25) is 0 Å². The van der Waals surface area contributed by atoms with E-state index in [4.69, 9.17) is 4.42 Å². The Bertz CT molecular complexity index is 984. The minimum absolute atomic E-state index is 0.0241. The molecule has 1 amide bonds. The Balaban J connectivity index is 1.64. The minimum atomic E-state index is -3.09. The van der Waals surface area contributed by atoms with Gasteiger partial charge in [0.15, 0.2) is 15.4 Å². The summed E-state index contributed by atoms with van der Waals surface area (Å²) in [6.45, 7) is -0.122. The van der Waals surface area contributed by atoms with Crippen molar-refractivity contribution in [3.8, 4) is 0 Å². The van der Waals surface area contributed by atoms with Crippen molar-refractivity contribution in [2.75, 3.05) is 11.5 Å². The van der Waals surface area contributed by atoms with E-state index in [9.17, 15) is 18.0 Å². The lowest BCUT2D eigenvalue weighted by Gasteiger charge is -2.34. The maximum absolute atomic E-state index is 13.1. The fourth-order valence-corrected chi connectivity index (χ4v) is 5.97. The van der Waals surface area contributed by atoms with E-state index in [2.05, 4.69) is 0 Å². The lowest BCUT2D eigenvalue weighted by Crippen LogP contribution is -2.48. The normalized spacial score (nSPS) is 22.8. The number of fused-ring (bicyclic) bond motifs is 1. The highest BCUT2D eigenvalue weighted by Crippen LogP contribution is 2.29. The quantitative estimate of drug-likeness (QED) is 0.805. The number of nitrogens with zero attached hydrogens (tertiary/aromatic N) is 2. The fourth-order valence-electron chi connectivity index (χ4n) is 4.26. The average Bonchev–Trinajstić information content (AvgIpc) is 3.30. The molecule has 1 aromatic carbocycles. The van der Waals surface area contributed by atoms with E-state index in [0.717, 1.165) is 25.7 Å². The molecule has 2 aliphatic rings. The van der Waals surface area contributed by atoms with Crippen molar-refractivity contribution in [2.45, 2.75) is 50.7 Å². The number of aromatic nitrogens is 1. The molecule has 2 fully saturated rings. The summed E-state index contributed by atoms with van der Waals surface area (Å²) >= 11 is 0. The molecule has 1 aliphatic carbocycles. The SMILES string of the molecule is O=C(Cn1c(=O)oc2ccccc21)N(C1CCCC1)[C@@H]1CCS(=O)(=O)C1. The molecule has 0 unspecified atom stereocenters. The second-order valence-corrected chi connectivity index (χ2v) is 9.45. The number of carbonyl (C=O) groups excluding carboxylic acids is 1. The molecule has 2 heterocycles. The Morgan fingerprint density at radius 1 is 1.15 bits per heavy atom. The van der Waals surface area contributed by atoms with Crippen molar-refractivity contribution in [2.24, 2.45) is 0 Å². The van der Waals surface area contributed by atoms with Crippen LogP contribution in [0, 0.1) is 0 Å². The Kier molecular flexibility index (Phi) is 4.38. The van der Waals surface area contributed by atoms with E-state index in [1.165, 1.54) is 4.57 Å². The Morgan fingerprint density at radius 3 is 2.58 bits per heavy atom. The molecule has 0 radical (unpaired) electrons. The summed E-state index contributed by atoms with van der Waals surface area (Å²) in [7, 11) is -3.09. The minimum Gasteiger partial charge on any atom is -0.408 e. The molecule has 0 spiro atoms. The summed E-state index contributed by atoms with van der Waals surface area (Å²) in [4.78, 5) is 27.0. The number of sulfone groups is 1. The number of oxazole rings is 1. The molecule has 26 heavy (non-hydrogen) atoms. The first-order valence-corrected chi connectivity index (χ1v) is 10.9. The molecule has 2 aromatic rings. The van der Waals surface area contributed by atoms with Crippen LogP contribution in [-0.2, 0) is 21.2 Å². The van der Waals surface area contributed by atoms with Gasteiger partial charge in [0.25, 0.3) is 0 Å². The smallest absolute Gasteiger partial charge is 0.408 e. The molecule has 1 aromatic heterocycles. The van der Waals surface area contributed by atoms with Crippen LogP contribution in [0.15, 0.2) is 33.5 Å².